The highest BCUT2D eigenvalue weighted by molar-refractivity contribution is 5.43. The number of nitrogens with one attached hydrogen (secondary N) is 2. The van der Waals surface area contributed by atoms with Crippen molar-refractivity contribution in [1.29, 1.82) is 0 Å². The number of rotatable bonds is 3. The fourth-order valence-electron chi connectivity index (χ4n) is 5.13. The molecule has 28 heavy (non-hydrogen) atoms. The summed E-state index contributed by atoms with van der Waals surface area (Å²) in [5.74, 6) is 1.50. The minimum Gasteiger partial charge on any atom is -0.496 e. The lowest BCUT2D eigenvalue weighted by atomic mass is 9.75. The van der Waals surface area contributed by atoms with Crippen LogP contribution in [0.2, 0.25) is 0 Å². The Kier molecular flexibility index (Phi) is 5.24. The quantitative estimate of drug-likeness (QED) is 0.794. The van der Waals surface area contributed by atoms with Gasteiger partial charge in [0.15, 0.2) is 0 Å². The number of hydrogen-bond donors (Lipinski definition) is 2. The SMILES string of the molecule is COc1ccc(C(C)(C)C)cc1[C@@H]1CN[C@]2(CCCNC2c2ccccc2)C1. The van der Waals surface area contributed by atoms with Crippen molar-refractivity contribution in [3.8, 4) is 5.75 Å². The predicted molar refractivity (Wildman–Crippen MR) is 116 cm³/mol. The molecule has 4 rings (SSSR count). The van der Waals surface area contributed by atoms with Gasteiger partial charge < -0.3 is 15.4 Å². The van der Waals surface area contributed by atoms with Crippen LogP contribution in [-0.2, 0) is 5.41 Å². The summed E-state index contributed by atoms with van der Waals surface area (Å²) in [4.78, 5) is 0. The van der Waals surface area contributed by atoms with Gasteiger partial charge in [0.25, 0.3) is 0 Å². The molecule has 1 unspecified atom stereocenters. The summed E-state index contributed by atoms with van der Waals surface area (Å²) in [7, 11) is 1.79. The first-order valence-electron chi connectivity index (χ1n) is 10.6. The highest BCUT2D eigenvalue weighted by Gasteiger charge is 2.47. The molecular weight excluding hydrogens is 344 g/mol. The number of piperidine rings is 1. The molecule has 0 saturated carbocycles. The summed E-state index contributed by atoms with van der Waals surface area (Å²) < 4.78 is 5.77. The molecule has 2 aliphatic heterocycles. The Bertz CT molecular complexity index is 811. The number of hydrogen-bond acceptors (Lipinski definition) is 3. The van der Waals surface area contributed by atoms with Gasteiger partial charge in [-0.25, -0.2) is 0 Å². The van der Waals surface area contributed by atoms with Crippen LogP contribution in [0.1, 0.15) is 68.7 Å². The van der Waals surface area contributed by atoms with E-state index in [1.165, 1.54) is 29.5 Å². The molecule has 0 radical (unpaired) electrons. The van der Waals surface area contributed by atoms with E-state index in [0.29, 0.717) is 12.0 Å². The summed E-state index contributed by atoms with van der Waals surface area (Å²) in [6, 6.07) is 18.1. The molecule has 2 N–H and O–H groups in total. The molecule has 3 heteroatoms. The zero-order chi connectivity index (χ0) is 19.8. The number of benzene rings is 2. The third-order valence-corrected chi connectivity index (χ3v) is 6.68. The summed E-state index contributed by atoms with van der Waals surface area (Å²) in [6.07, 6.45) is 3.59. The molecule has 0 amide bonds. The average molecular weight is 379 g/mol. The van der Waals surface area contributed by atoms with Crippen LogP contribution in [0.5, 0.6) is 5.75 Å². The van der Waals surface area contributed by atoms with Gasteiger partial charge in [0.2, 0.25) is 0 Å². The van der Waals surface area contributed by atoms with Crippen LogP contribution in [0.3, 0.4) is 0 Å². The van der Waals surface area contributed by atoms with Crippen molar-refractivity contribution in [3.63, 3.8) is 0 Å². The van der Waals surface area contributed by atoms with Crippen LogP contribution in [0.25, 0.3) is 0 Å². The van der Waals surface area contributed by atoms with E-state index in [2.05, 4.69) is 79.9 Å². The minimum absolute atomic E-state index is 0.118. The van der Waals surface area contributed by atoms with Gasteiger partial charge >= 0.3 is 0 Å². The minimum atomic E-state index is 0.118. The Morgan fingerprint density at radius 2 is 1.86 bits per heavy atom. The second-order valence-corrected chi connectivity index (χ2v) is 9.55. The molecule has 2 heterocycles. The van der Waals surface area contributed by atoms with Crippen molar-refractivity contribution in [1.82, 2.24) is 10.6 Å². The fraction of sp³-hybridized carbons (Fsp3) is 0.520. The summed E-state index contributed by atoms with van der Waals surface area (Å²) in [5.41, 5.74) is 4.39. The zero-order valence-electron chi connectivity index (χ0n) is 17.7. The first-order valence-corrected chi connectivity index (χ1v) is 10.6. The summed E-state index contributed by atoms with van der Waals surface area (Å²) in [5, 5.41) is 7.77. The third-order valence-electron chi connectivity index (χ3n) is 6.68. The van der Waals surface area contributed by atoms with E-state index in [1.807, 2.05) is 0 Å². The van der Waals surface area contributed by atoms with Gasteiger partial charge in [0.1, 0.15) is 5.75 Å². The summed E-state index contributed by atoms with van der Waals surface area (Å²) in [6.45, 7) is 8.95. The monoisotopic (exact) mass is 378 g/mol. The largest absolute Gasteiger partial charge is 0.496 e. The highest BCUT2D eigenvalue weighted by atomic mass is 16.5. The Morgan fingerprint density at radius 3 is 2.57 bits per heavy atom. The first-order chi connectivity index (χ1) is 13.4. The van der Waals surface area contributed by atoms with E-state index < -0.39 is 0 Å². The highest BCUT2D eigenvalue weighted by Crippen LogP contribution is 2.46. The zero-order valence-corrected chi connectivity index (χ0v) is 17.7. The van der Waals surface area contributed by atoms with Crippen molar-refractivity contribution in [2.24, 2.45) is 0 Å². The van der Waals surface area contributed by atoms with Crippen molar-refractivity contribution in [2.75, 3.05) is 20.2 Å². The molecule has 3 nitrogen and oxygen atoms in total. The smallest absolute Gasteiger partial charge is 0.122 e. The van der Waals surface area contributed by atoms with Gasteiger partial charge in [-0.3, -0.25) is 0 Å². The van der Waals surface area contributed by atoms with Gasteiger partial charge in [-0.05, 0) is 54.0 Å². The van der Waals surface area contributed by atoms with Crippen LogP contribution in [0.15, 0.2) is 48.5 Å². The first kappa shape index (κ1) is 19.5. The molecule has 0 aromatic heterocycles. The lowest BCUT2D eigenvalue weighted by molar-refractivity contribution is 0.202. The standard InChI is InChI=1S/C25H34N2O/c1-24(2,3)20-11-12-22(28-4)21(15-20)19-16-25(27-17-19)13-8-14-26-23(25)18-9-6-5-7-10-18/h5-7,9-12,15,19,23,26-27H,8,13-14,16-17H2,1-4H3/t19-,23?,25+/m0/s1. The van der Waals surface area contributed by atoms with Crippen LogP contribution in [0, 0.1) is 0 Å². The fourth-order valence-corrected chi connectivity index (χ4v) is 5.13. The Morgan fingerprint density at radius 1 is 1.07 bits per heavy atom. The maximum absolute atomic E-state index is 5.77. The van der Waals surface area contributed by atoms with E-state index in [9.17, 15) is 0 Å². The normalized spacial score (nSPS) is 27.9. The lowest BCUT2D eigenvalue weighted by Gasteiger charge is -2.43. The average Bonchev–Trinajstić information content (AvgIpc) is 3.12. The van der Waals surface area contributed by atoms with Gasteiger partial charge in [-0.15, -0.1) is 0 Å². The van der Waals surface area contributed by atoms with Crippen molar-refractivity contribution in [2.45, 2.75) is 62.9 Å². The van der Waals surface area contributed by atoms with Crippen LogP contribution in [-0.4, -0.2) is 25.7 Å². The topological polar surface area (TPSA) is 33.3 Å². The molecule has 3 atom stereocenters. The maximum Gasteiger partial charge on any atom is 0.122 e. The van der Waals surface area contributed by atoms with E-state index >= 15 is 0 Å². The van der Waals surface area contributed by atoms with Crippen LogP contribution in [0.4, 0.5) is 0 Å². The Labute approximate surface area is 169 Å². The van der Waals surface area contributed by atoms with E-state index in [1.54, 1.807) is 7.11 Å². The van der Waals surface area contributed by atoms with Crippen molar-refractivity contribution >= 4 is 0 Å². The van der Waals surface area contributed by atoms with Gasteiger partial charge in [-0.2, -0.15) is 0 Å². The lowest BCUT2D eigenvalue weighted by Crippen LogP contribution is -2.54. The van der Waals surface area contributed by atoms with Gasteiger partial charge in [0, 0.05) is 18.0 Å². The number of methoxy groups -OCH3 is 1. The van der Waals surface area contributed by atoms with E-state index in [4.69, 9.17) is 4.74 Å². The maximum atomic E-state index is 5.77. The molecule has 2 saturated heterocycles. The summed E-state index contributed by atoms with van der Waals surface area (Å²) >= 11 is 0. The van der Waals surface area contributed by atoms with Gasteiger partial charge in [0.05, 0.1) is 13.2 Å². The molecule has 2 aromatic carbocycles. The van der Waals surface area contributed by atoms with Crippen LogP contribution < -0.4 is 15.4 Å². The Hall–Kier alpha value is -1.84. The molecule has 2 fully saturated rings. The predicted octanol–water partition coefficient (Wildman–Crippen LogP) is 4.93. The Balaban J connectivity index is 1.66. The second-order valence-electron chi connectivity index (χ2n) is 9.55. The van der Waals surface area contributed by atoms with Crippen molar-refractivity contribution in [3.05, 3.63) is 65.2 Å². The third kappa shape index (κ3) is 3.58. The van der Waals surface area contributed by atoms with Gasteiger partial charge in [-0.1, -0.05) is 63.2 Å². The molecule has 0 bridgehead atoms. The second kappa shape index (κ2) is 7.53. The molecular formula is C25H34N2O. The molecule has 150 valence electrons. The molecule has 2 aromatic rings. The molecule has 2 aliphatic rings. The molecule has 0 aliphatic carbocycles. The number of ether oxygens (including phenoxy) is 1. The molecule has 1 spiro atoms. The van der Waals surface area contributed by atoms with E-state index in [0.717, 1.165) is 25.3 Å². The van der Waals surface area contributed by atoms with Crippen molar-refractivity contribution < 1.29 is 4.74 Å². The van der Waals surface area contributed by atoms with Crippen LogP contribution >= 0.6 is 0 Å². The van der Waals surface area contributed by atoms with E-state index in [-0.39, 0.29) is 11.0 Å².